The van der Waals surface area contributed by atoms with Crippen LogP contribution in [0.5, 0.6) is 0 Å². The lowest BCUT2D eigenvalue weighted by Crippen LogP contribution is -2.35. The number of hydrogen-bond donors (Lipinski definition) is 1. The number of aliphatic hydroxyl groups is 1. The van der Waals surface area contributed by atoms with E-state index < -0.39 is 5.60 Å². The van der Waals surface area contributed by atoms with E-state index >= 15 is 0 Å². The lowest BCUT2D eigenvalue weighted by Gasteiger charge is -2.29. The van der Waals surface area contributed by atoms with E-state index in [2.05, 4.69) is 41.1 Å². The van der Waals surface area contributed by atoms with Gasteiger partial charge in [0, 0.05) is 31.9 Å². The molecule has 0 unspecified atom stereocenters. The first-order chi connectivity index (χ1) is 9.44. The Hall–Kier alpha value is -1.06. The third-order valence-corrected chi connectivity index (χ3v) is 3.77. The van der Waals surface area contributed by atoms with Crippen molar-refractivity contribution in [3.05, 3.63) is 29.8 Å². The highest BCUT2D eigenvalue weighted by atomic mass is 16.3. The van der Waals surface area contributed by atoms with Crippen LogP contribution < -0.4 is 4.90 Å². The van der Waals surface area contributed by atoms with Crippen molar-refractivity contribution in [1.29, 1.82) is 0 Å². The van der Waals surface area contributed by atoms with Gasteiger partial charge in [-0.2, -0.15) is 0 Å². The van der Waals surface area contributed by atoms with Gasteiger partial charge < -0.3 is 10.0 Å². The fourth-order valence-corrected chi connectivity index (χ4v) is 2.99. The second kappa shape index (κ2) is 6.59. The highest BCUT2D eigenvalue weighted by Crippen LogP contribution is 2.20. The summed E-state index contributed by atoms with van der Waals surface area (Å²) in [7, 11) is 2.05. The number of nitrogens with zero attached hydrogens (tertiary/aromatic N) is 2. The minimum atomic E-state index is -0.636. The Kier molecular flexibility index (Phi) is 5.06. The number of piperidine rings is 1. The largest absolute Gasteiger partial charge is 0.389 e. The average Bonchev–Trinajstić information content (AvgIpc) is 2.38. The van der Waals surface area contributed by atoms with Crippen molar-refractivity contribution in [1.82, 2.24) is 4.90 Å². The highest BCUT2D eigenvalue weighted by Gasteiger charge is 2.16. The molecule has 0 atom stereocenters. The van der Waals surface area contributed by atoms with Crippen LogP contribution >= 0.6 is 0 Å². The molecule has 1 fully saturated rings. The van der Waals surface area contributed by atoms with Gasteiger partial charge in [-0.1, -0.05) is 12.1 Å². The van der Waals surface area contributed by atoms with Crippen molar-refractivity contribution < 1.29 is 5.11 Å². The van der Waals surface area contributed by atoms with Crippen LogP contribution in [0, 0.1) is 0 Å². The van der Waals surface area contributed by atoms with Gasteiger partial charge in [0.1, 0.15) is 0 Å². The molecule has 0 saturated carbocycles. The molecule has 3 heteroatoms. The van der Waals surface area contributed by atoms with Crippen LogP contribution in [0.2, 0.25) is 0 Å². The number of rotatable bonds is 5. The molecule has 0 radical (unpaired) electrons. The van der Waals surface area contributed by atoms with Crippen LogP contribution in [0.3, 0.4) is 0 Å². The molecule has 1 heterocycles. The second-order valence-electron chi connectivity index (χ2n) is 6.70. The topological polar surface area (TPSA) is 26.7 Å². The molecule has 2 rings (SSSR count). The second-order valence-corrected chi connectivity index (χ2v) is 6.70. The maximum atomic E-state index is 9.83. The van der Waals surface area contributed by atoms with Gasteiger partial charge in [0.05, 0.1) is 5.60 Å². The van der Waals surface area contributed by atoms with Gasteiger partial charge in [-0.3, -0.25) is 4.90 Å². The number of benzene rings is 1. The van der Waals surface area contributed by atoms with E-state index in [0.29, 0.717) is 6.54 Å². The summed E-state index contributed by atoms with van der Waals surface area (Å²) >= 11 is 0. The minimum absolute atomic E-state index is 0.636. The summed E-state index contributed by atoms with van der Waals surface area (Å²) in [5, 5.41) is 9.83. The summed E-state index contributed by atoms with van der Waals surface area (Å²) in [5.74, 6) is 0. The molecule has 1 aromatic carbocycles. The van der Waals surface area contributed by atoms with Gasteiger partial charge in [0.25, 0.3) is 0 Å². The van der Waals surface area contributed by atoms with Gasteiger partial charge in [0.15, 0.2) is 0 Å². The van der Waals surface area contributed by atoms with Gasteiger partial charge in [-0.05, 0) is 57.9 Å². The lowest BCUT2D eigenvalue weighted by atomic mass is 10.1. The van der Waals surface area contributed by atoms with Crippen molar-refractivity contribution in [3.63, 3.8) is 0 Å². The Morgan fingerprint density at radius 1 is 1.10 bits per heavy atom. The van der Waals surface area contributed by atoms with Crippen molar-refractivity contribution in [2.24, 2.45) is 0 Å². The molecule has 1 aliphatic heterocycles. The monoisotopic (exact) mass is 276 g/mol. The molecule has 1 aliphatic rings. The third-order valence-electron chi connectivity index (χ3n) is 3.77. The number of hydrogen-bond acceptors (Lipinski definition) is 3. The first-order valence-electron chi connectivity index (χ1n) is 7.69. The number of likely N-dealkylation sites (N-methyl/N-ethyl adjacent to an activating group) is 1. The Morgan fingerprint density at radius 3 is 2.25 bits per heavy atom. The first-order valence-corrected chi connectivity index (χ1v) is 7.69. The molecular weight excluding hydrogens is 248 g/mol. The van der Waals surface area contributed by atoms with Crippen LogP contribution in [-0.4, -0.2) is 42.3 Å². The predicted molar refractivity (Wildman–Crippen MR) is 85.1 cm³/mol. The molecule has 1 N–H and O–H groups in total. The van der Waals surface area contributed by atoms with Crippen molar-refractivity contribution in [3.8, 4) is 0 Å². The van der Waals surface area contributed by atoms with E-state index in [9.17, 15) is 5.11 Å². The van der Waals surface area contributed by atoms with Crippen molar-refractivity contribution in [2.75, 3.05) is 31.6 Å². The standard InChI is InChI=1S/C17H28N2O/c1-17(2,20)14-18(3)13-15-7-9-16(10-8-15)19-11-5-4-6-12-19/h7-10,20H,4-6,11-14H2,1-3H3. The Balaban J connectivity index is 1.91. The Morgan fingerprint density at radius 2 is 1.70 bits per heavy atom. The van der Waals surface area contributed by atoms with E-state index in [0.717, 1.165) is 6.54 Å². The van der Waals surface area contributed by atoms with Gasteiger partial charge in [-0.25, -0.2) is 0 Å². The normalized spacial score (nSPS) is 16.8. The summed E-state index contributed by atoms with van der Waals surface area (Å²) in [6.07, 6.45) is 4.00. The Labute approximate surface area is 123 Å². The molecule has 3 nitrogen and oxygen atoms in total. The molecular formula is C17H28N2O. The maximum Gasteiger partial charge on any atom is 0.0718 e. The average molecular weight is 276 g/mol. The molecule has 0 aromatic heterocycles. The fraction of sp³-hybridized carbons (Fsp3) is 0.647. The van der Waals surface area contributed by atoms with E-state index in [1.165, 1.54) is 43.6 Å². The van der Waals surface area contributed by atoms with Crippen LogP contribution in [-0.2, 0) is 6.54 Å². The van der Waals surface area contributed by atoms with Gasteiger partial charge in [-0.15, -0.1) is 0 Å². The summed E-state index contributed by atoms with van der Waals surface area (Å²) < 4.78 is 0. The van der Waals surface area contributed by atoms with E-state index in [1.54, 1.807) is 0 Å². The van der Waals surface area contributed by atoms with Crippen LogP contribution in [0.15, 0.2) is 24.3 Å². The molecule has 1 aromatic rings. The molecule has 0 spiro atoms. The van der Waals surface area contributed by atoms with Crippen LogP contribution in [0.1, 0.15) is 38.7 Å². The van der Waals surface area contributed by atoms with Gasteiger partial charge >= 0.3 is 0 Å². The SMILES string of the molecule is CN(Cc1ccc(N2CCCCC2)cc1)CC(C)(C)O. The number of anilines is 1. The molecule has 20 heavy (non-hydrogen) atoms. The van der Waals surface area contributed by atoms with Crippen LogP contribution in [0.25, 0.3) is 0 Å². The summed E-state index contributed by atoms with van der Waals surface area (Å²) in [5.41, 5.74) is 2.01. The molecule has 0 amide bonds. The summed E-state index contributed by atoms with van der Waals surface area (Å²) in [6, 6.07) is 8.90. The summed E-state index contributed by atoms with van der Waals surface area (Å²) in [4.78, 5) is 4.64. The van der Waals surface area contributed by atoms with E-state index in [1.807, 2.05) is 13.8 Å². The molecule has 1 saturated heterocycles. The van der Waals surface area contributed by atoms with E-state index in [-0.39, 0.29) is 0 Å². The quantitative estimate of drug-likeness (QED) is 0.896. The zero-order valence-electron chi connectivity index (χ0n) is 13.1. The molecule has 112 valence electrons. The maximum absolute atomic E-state index is 9.83. The Bertz CT molecular complexity index is 402. The first kappa shape index (κ1) is 15.3. The lowest BCUT2D eigenvalue weighted by molar-refractivity contribution is 0.0425. The fourth-order valence-electron chi connectivity index (χ4n) is 2.99. The highest BCUT2D eigenvalue weighted by molar-refractivity contribution is 5.47. The minimum Gasteiger partial charge on any atom is -0.389 e. The van der Waals surface area contributed by atoms with Crippen molar-refractivity contribution in [2.45, 2.75) is 45.3 Å². The predicted octanol–water partition coefficient (Wildman–Crippen LogP) is 2.88. The van der Waals surface area contributed by atoms with Crippen molar-refractivity contribution >= 4 is 5.69 Å². The summed E-state index contributed by atoms with van der Waals surface area (Å²) in [6.45, 7) is 7.65. The molecule has 0 bridgehead atoms. The van der Waals surface area contributed by atoms with E-state index in [4.69, 9.17) is 0 Å². The van der Waals surface area contributed by atoms with Gasteiger partial charge in [0.2, 0.25) is 0 Å². The molecule has 0 aliphatic carbocycles. The zero-order chi connectivity index (χ0) is 14.6. The third kappa shape index (κ3) is 4.80. The van der Waals surface area contributed by atoms with Crippen LogP contribution in [0.4, 0.5) is 5.69 Å². The zero-order valence-corrected chi connectivity index (χ0v) is 13.1. The smallest absolute Gasteiger partial charge is 0.0718 e.